The van der Waals surface area contributed by atoms with Crippen molar-refractivity contribution in [3.8, 4) is 5.75 Å². The van der Waals surface area contributed by atoms with Crippen LogP contribution >= 0.6 is 11.6 Å². The molecule has 38 heavy (non-hydrogen) atoms. The molecule has 1 atom stereocenters. The number of rotatable bonds is 7. The minimum absolute atomic E-state index is 0.00888. The number of aromatic nitrogens is 1. The van der Waals surface area contributed by atoms with Crippen LogP contribution in [-0.4, -0.2) is 26.7 Å². The van der Waals surface area contributed by atoms with Crippen molar-refractivity contribution in [2.45, 2.75) is 26.1 Å². The number of aliphatic hydroxyl groups excluding tert-OH is 1. The Kier molecular flexibility index (Phi) is 7.24. The summed E-state index contributed by atoms with van der Waals surface area (Å²) in [5, 5.41) is 11.8. The molecule has 5 rings (SSSR count). The van der Waals surface area contributed by atoms with E-state index in [0.29, 0.717) is 28.5 Å². The summed E-state index contributed by atoms with van der Waals surface area (Å²) in [5.74, 6) is -1.09. The maximum absolute atomic E-state index is 13.3. The van der Waals surface area contributed by atoms with Gasteiger partial charge in [0.05, 0.1) is 11.6 Å². The van der Waals surface area contributed by atoms with Crippen LogP contribution in [0.15, 0.2) is 103 Å². The zero-order chi connectivity index (χ0) is 26.6. The molecule has 190 valence electrons. The first-order valence-electron chi connectivity index (χ1n) is 12.1. The largest absolute Gasteiger partial charge is 0.507 e. The molecule has 0 saturated carbocycles. The van der Waals surface area contributed by atoms with E-state index in [1.54, 1.807) is 67.0 Å². The Morgan fingerprint density at radius 2 is 1.74 bits per heavy atom. The number of carbonyl (C=O) groups is 2. The molecular formula is C31H25ClN2O4. The number of Topliss-reactive ketones (excluding diaryl/α,β-unsaturated/α-hetero) is 1. The second-order valence-electron chi connectivity index (χ2n) is 9.15. The van der Waals surface area contributed by atoms with Gasteiger partial charge in [-0.3, -0.25) is 14.6 Å². The van der Waals surface area contributed by atoms with E-state index in [1.807, 2.05) is 31.2 Å². The fraction of sp³-hybridized carbons (Fsp3) is 0.129. The van der Waals surface area contributed by atoms with Gasteiger partial charge in [0, 0.05) is 29.5 Å². The molecule has 1 saturated heterocycles. The number of ether oxygens (including phenoxy) is 1. The number of aryl methyl sites for hydroxylation is 1. The van der Waals surface area contributed by atoms with Crippen LogP contribution in [0.1, 0.15) is 33.9 Å². The molecule has 0 radical (unpaired) electrons. The fourth-order valence-electron chi connectivity index (χ4n) is 4.59. The van der Waals surface area contributed by atoms with Gasteiger partial charge in [0.25, 0.3) is 11.7 Å². The van der Waals surface area contributed by atoms with E-state index in [-0.39, 0.29) is 17.9 Å². The molecule has 1 fully saturated rings. The Morgan fingerprint density at radius 3 is 2.45 bits per heavy atom. The molecule has 3 aromatic carbocycles. The van der Waals surface area contributed by atoms with Gasteiger partial charge in [-0.2, -0.15) is 0 Å². The summed E-state index contributed by atoms with van der Waals surface area (Å²) in [6.07, 6.45) is 3.28. The predicted molar refractivity (Wildman–Crippen MR) is 145 cm³/mol. The summed E-state index contributed by atoms with van der Waals surface area (Å²) in [5.41, 5.74) is 4.00. The Balaban J connectivity index is 1.47. The molecule has 0 bridgehead atoms. The zero-order valence-electron chi connectivity index (χ0n) is 20.7. The van der Waals surface area contributed by atoms with Crippen LogP contribution in [0.4, 0.5) is 0 Å². The molecule has 1 aliphatic heterocycles. The van der Waals surface area contributed by atoms with Crippen molar-refractivity contribution < 1.29 is 19.4 Å². The van der Waals surface area contributed by atoms with Crippen LogP contribution in [0.25, 0.3) is 5.76 Å². The van der Waals surface area contributed by atoms with E-state index in [2.05, 4.69) is 11.1 Å². The Morgan fingerprint density at radius 1 is 0.974 bits per heavy atom. The summed E-state index contributed by atoms with van der Waals surface area (Å²) >= 11 is 6.26. The molecule has 1 aliphatic rings. The number of aliphatic hydroxyl groups is 1. The number of amides is 1. The monoisotopic (exact) mass is 524 g/mol. The van der Waals surface area contributed by atoms with Crippen molar-refractivity contribution in [1.29, 1.82) is 0 Å². The molecule has 4 aromatic rings. The highest BCUT2D eigenvalue weighted by molar-refractivity contribution is 6.46. The molecule has 0 aliphatic carbocycles. The minimum Gasteiger partial charge on any atom is -0.507 e. The van der Waals surface area contributed by atoms with E-state index in [9.17, 15) is 14.7 Å². The van der Waals surface area contributed by atoms with Gasteiger partial charge in [-0.15, -0.1) is 0 Å². The van der Waals surface area contributed by atoms with Crippen LogP contribution in [0, 0.1) is 6.92 Å². The number of pyridine rings is 1. The van der Waals surface area contributed by atoms with E-state index < -0.39 is 17.7 Å². The second kappa shape index (κ2) is 10.9. The number of likely N-dealkylation sites (tertiary alicyclic amines) is 1. The predicted octanol–water partition coefficient (Wildman–Crippen LogP) is 6.24. The highest BCUT2D eigenvalue weighted by atomic mass is 35.5. The number of nitrogens with zero attached hydrogens (tertiary/aromatic N) is 2. The van der Waals surface area contributed by atoms with Crippen molar-refractivity contribution in [3.05, 3.63) is 136 Å². The van der Waals surface area contributed by atoms with Crippen LogP contribution in [-0.2, 0) is 22.7 Å². The average Bonchev–Trinajstić information content (AvgIpc) is 3.17. The quantitative estimate of drug-likeness (QED) is 0.176. The van der Waals surface area contributed by atoms with Gasteiger partial charge in [0.1, 0.15) is 18.1 Å². The van der Waals surface area contributed by atoms with Crippen molar-refractivity contribution in [2.75, 3.05) is 0 Å². The minimum atomic E-state index is -0.814. The molecule has 1 N–H and O–H groups in total. The second-order valence-corrected chi connectivity index (χ2v) is 9.58. The average molecular weight is 525 g/mol. The van der Waals surface area contributed by atoms with Crippen molar-refractivity contribution in [2.24, 2.45) is 0 Å². The number of halogens is 1. The molecule has 1 aromatic heterocycles. The summed E-state index contributed by atoms with van der Waals surface area (Å²) in [7, 11) is 0. The summed E-state index contributed by atoms with van der Waals surface area (Å²) in [4.78, 5) is 32.0. The lowest BCUT2D eigenvalue weighted by atomic mass is 9.95. The SMILES string of the molecule is Cc1cccc(COc2ccc(C(O)=C3C(=O)C(=O)N(Cc4cccnc4)[C@@H]3c3cccc(Cl)c3)cc2)c1. The number of hydrogen-bond acceptors (Lipinski definition) is 5. The first kappa shape index (κ1) is 25.2. The number of ketones is 1. The third-order valence-corrected chi connectivity index (χ3v) is 6.63. The summed E-state index contributed by atoms with van der Waals surface area (Å²) < 4.78 is 5.88. The standard InChI is InChI=1S/C31H25ClN2O4/c1-20-5-2-6-21(15-20)19-38-26-12-10-23(11-13-26)29(35)27-28(24-8-3-9-25(32)16-24)34(31(37)30(27)36)18-22-7-4-14-33-17-22/h2-17,28,35H,18-19H2,1H3/t28-/m1/s1. The van der Waals surface area contributed by atoms with Gasteiger partial charge in [-0.05, 0) is 66.1 Å². The Labute approximate surface area is 225 Å². The topological polar surface area (TPSA) is 79.7 Å². The van der Waals surface area contributed by atoms with E-state index in [0.717, 1.165) is 16.7 Å². The molecule has 0 spiro atoms. The number of carbonyl (C=O) groups excluding carboxylic acids is 2. The maximum Gasteiger partial charge on any atom is 0.295 e. The highest BCUT2D eigenvalue weighted by Crippen LogP contribution is 2.41. The Hall–Kier alpha value is -4.42. The van der Waals surface area contributed by atoms with Gasteiger partial charge in [-0.1, -0.05) is 59.6 Å². The van der Waals surface area contributed by atoms with Gasteiger partial charge in [0.2, 0.25) is 0 Å². The molecule has 1 amide bonds. The fourth-order valence-corrected chi connectivity index (χ4v) is 4.79. The third-order valence-electron chi connectivity index (χ3n) is 6.40. The molecule has 6 nitrogen and oxygen atoms in total. The summed E-state index contributed by atoms with van der Waals surface area (Å²) in [6.45, 7) is 2.58. The first-order valence-corrected chi connectivity index (χ1v) is 12.5. The van der Waals surface area contributed by atoms with Crippen molar-refractivity contribution in [1.82, 2.24) is 9.88 Å². The molecule has 0 unspecified atom stereocenters. The number of hydrogen-bond donors (Lipinski definition) is 1. The first-order chi connectivity index (χ1) is 18.4. The summed E-state index contributed by atoms with van der Waals surface area (Å²) in [6, 6.07) is 24.6. The zero-order valence-corrected chi connectivity index (χ0v) is 21.4. The van der Waals surface area contributed by atoms with E-state index in [1.165, 1.54) is 4.90 Å². The lowest BCUT2D eigenvalue weighted by Crippen LogP contribution is -2.29. The van der Waals surface area contributed by atoms with E-state index >= 15 is 0 Å². The number of benzene rings is 3. The van der Waals surface area contributed by atoms with Gasteiger partial charge in [0.15, 0.2) is 0 Å². The maximum atomic E-state index is 13.3. The molecule has 2 heterocycles. The smallest absolute Gasteiger partial charge is 0.295 e. The van der Waals surface area contributed by atoms with Crippen molar-refractivity contribution in [3.63, 3.8) is 0 Å². The van der Waals surface area contributed by atoms with Crippen LogP contribution in [0.3, 0.4) is 0 Å². The third kappa shape index (κ3) is 5.31. The Bertz CT molecular complexity index is 1520. The molecule has 7 heteroatoms. The van der Waals surface area contributed by atoms with E-state index in [4.69, 9.17) is 16.3 Å². The van der Waals surface area contributed by atoms with Gasteiger partial charge < -0.3 is 14.7 Å². The van der Waals surface area contributed by atoms with Crippen LogP contribution in [0.5, 0.6) is 5.75 Å². The lowest BCUT2D eigenvalue weighted by Gasteiger charge is -2.25. The van der Waals surface area contributed by atoms with Gasteiger partial charge in [-0.25, -0.2) is 0 Å². The highest BCUT2D eigenvalue weighted by Gasteiger charge is 2.46. The lowest BCUT2D eigenvalue weighted by molar-refractivity contribution is -0.140. The van der Waals surface area contributed by atoms with Gasteiger partial charge >= 0.3 is 0 Å². The normalized spacial score (nSPS) is 16.6. The van der Waals surface area contributed by atoms with Crippen LogP contribution < -0.4 is 4.74 Å². The molecular weight excluding hydrogens is 500 g/mol. The van der Waals surface area contributed by atoms with Crippen molar-refractivity contribution >= 4 is 29.1 Å². The van der Waals surface area contributed by atoms with Crippen LogP contribution in [0.2, 0.25) is 5.02 Å².